The second-order valence-corrected chi connectivity index (χ2v) is 5.38. The summed E-state index contributed by atoms with van der Waals surface area (Å²) in [5.41, 5.74) is 0.821. The first kappa shape index (κ1) is 15.3. The Labute approximate surface area is 134 Å². The van der Waals surface area contributed by atoms with Crippen molar-refractivity contribution in [3.8, 4) is 17.1 Å². The molecule has 7 nitrogen and oxygen atoms in total. The van der Waals surface area contributed by atoms with Gasteiger partial charge in [0.1, 0.15) is 11.8 Å². The van der Waals surface area contributed by atoms with Crippen LogP contribution in [0.4, 0.5) is 4.79 Å². The van der Waals surface area contributed by atoms with Gasteiger partial charge in [-0.1, -0.05) is 17.3 Å². The summed E-state index contributed by atoms with van der Waals surface area (Å²) in [5, 5.41) is 6.87. The van der Waals surface area contributed by atoms with Crippen molar-refractivity contribution in [3.05, 3.63) is 30.2 Å². The lowest BCUT2D eigenvalue weighted by molar-refractivity contribution is 0.181. The zero-order valence-corrected chi connectivity index (χ0v) is 13.3. The minimum Gasteiger partial charge on any atom is -0.497 e. The molecule has 3 rings (SSSR count). The number of ether oxygens (including phenoxy) is 1. The van der Waals surface area contributed by atoms with Crippen molar-refractivity contribution in [2.75, 3.05) is 20.2 Å². The Kier molecular flexibility index (Phi) is 4.45. The molecule has 2 amide bonds. The molecule has 122 valence electrons. The highest BCUT2D eigenvalue weighted by Gasteiger charge is 2.33. The van der Waals surface area contributed by atoms with Gasteiger partial charge in [-0.3, -0.25) is 0 Å². The number of rotatable bonds is 4. The maximum absolute atomic E-state index is 12.1. The molecule has 2 heterocycles. The zero-order chi connectivity index (χ0) is 16.2. The van der Waals surface area contributed by atoms with Crippen molar-refractivity contribution < 1.29 is 14.1 Å². The molecule has 23 heavy (non-hydrogen) atoms. The Balaban J connectivity index is 1.82. The first-order chi connectivity index (χ1) is 11.2. The third-order valence-corrected chi connectivity index (χ3v) is 3.90. The largest absolute Gasteiger partial charge is 0.497 e. The third kappa shape index (κ3) is 3.13. The molecule has 1 saturated heterocycles. The van der Waals surface area contributed by atoms with Crippen molar-refractivity contribution >= 4 is 6.03 Å². The summed E-state index contributed by atoms with van der Waals surface area (Å²) in [7, 11) is 1.61. The number of nitrogens with zero attached hydrogens (tertiary/aromatic N) is 3. The molecule has 1 fully saturated rings. The van der Waals surface area contributed by atoms with Gasteiger partial charge in [0.05, 0.1) is 7.11 Å². The second kappa shape index (κ2) is 6.68. The fourth-order valence-electron chi connectivity index (χ4n) is 2.77. The monoisotopic (exact) mass is 316 g/mol. The van der Waals surface area contributed by atoms with Gasteiger partial charge in [-0.2, -0.15) is 4.98 Å². The standard InChI is InChI=1S/C16H20N4O3/c1-3-17-16(21)20-9-5-8-13(20)15-18-14(19-23-15)11-6-4-7-12(10-11)22-2/h4,6-7,10,13H,3,5,8-9H2,1-2H3,(H,17,21). The number of nitrogens with one attached hydrogen (secondary N) is 1. The van der Waals surface area contributed by atoms with Gasteiger partial charge in [0.25, 0.3) is 0 Å². The molecule has 0 bridgehead atoms. The molecule has 1 aliphatic rings. The van der Waals surface area contributed by atoms with E-state index in [1.165, 1.54) is 0 Å². The average Bonchev–Trinajstić information content (AvgIpc) is 3.24. The Hall–Kier alpha value is -2.57. The number of hydrogen-bond donors (Lipinski definition) is 1. The lowest BCUT2D eigenvalue weighted by Gasteiger charge is -2.21. The predicted octanol–water partition coefficient (Wildman–Crippen LogP) is 2.61. The van der Waals surface area contributed by atoms with Crippen LogP contribution in [0.3, 0.4) is 0 Å². The number of likely N-dealkylation sites (tertiary alicyclic amines) is 1. The van der Waals surface area contributed by atoms with E-state index in [9.17, 15) is 4.79 Å². The molecule has 0 radical (unpaired) electrons. The van der Waals surface area contributed by atoms with Gasteiger partial charge in [-0.05, 0) is 31.9 Å². The lowest BCUT2D eigenvalue weighted by atomic mass is 10.2. The molecule has 0 aliphatic carbocycles. The van der Waals surface area contributed by atoms with Crippen LogP contribution in [0.1, 0.15) is 31.7 Å². The van der Waals surface area contributed by atoms with Crippen molar-refractivity contribution in [2.45, 2.75) is 25.8 Å². The SMILES string of the molecule is CCNC(=O)N1CCCC1c1nc(-c2cccc(OC)c2)no1. The fraction of sp³-hybridized carbons (Fsp3) is 0.438. The van der Waals surface area contributed by atoms with E-state index < -0.39 is 0 Å². The molecule has 0 spiro atoms. The first-order valence-corrected chi connectivity index (χ1v) is 7.75. The summed E-state index contributed by atoms with van der Waals surface area (Å²) in [6, 6.07) is 7.24. The number of amides is 2. The van der Waals surface area contributed by atoms with Gasteiger partial charge >= 0.3 is 6.03 Å². The number of methoxy groups -OCH3 is 1. The highest BCUT2D eigenvalue weighted by Crippen LogP contribution is 2.32. The predicted molar refractivity (Wildman–Crippen MR) is 84.0 cm³/mol. The average molecular weight is 316 g/mol. The Morgan fingerprint density at radius 1 is 1.52 bits per heavy atom. The second-order valence-electron chi connectivity index (χ2n) is 5.38. The van der Waals surface area contributed by atoms with Crippen molar-refractivity contribution in [1.29, 1.82) is 0 Å². The normalized spacial score (nSPS) is 17.3. The quantitative estimate of drug-likeness (QED) is 0.938. The van der Waals surface area contributed by atoms with Gasteiger partial charge in [0.2, 0.25) is 11.7 Å². The van der Waals surface area contributed by atoms with Crippen LogP contribution in [-0.4, -0.2) is 41.3 Å². The van der Waals surface area contributed by atoms with Gasteiger partial charge in [-0.15, -0.1) is 0 Å². The summed E-state index contributed by atoms with van der Waals surface area (Å²) in [5.74, 6) is 1.71. The van der Waals surface area contributed by atoms with E-state index >= 15 is 0 Å². The van der Waals surface area contributed by atoms with Crippen LogP contribution < -0.4 is 10.1 Å². The summed E-state index contributed by atoms with van der Waals surface area (Å²) in [6.45, 7) is 3.20. The van der Waals surface area contributed by atoms with Crippen molar-refractivity contribution in [3.63, 3.8) is 0 Å². The molecular formula is C16H20N4O3. The maximum Gasteiger partial charge on any atom is 0.318 e. The summed E-state index contributed by atoms with van der Waals surface area (Å²) in [6.07, 6.45) is 1.76. The Bertz CT molecular complexity index is 685. The van der Waals surface area contributed by atoms with Gasteiger partial charge < -0.3 is 19.5 Å². The third-order valence-electron chi connectivity index (χ3n) is 3.90. The van der Waals surface area contributed by atoms with E-state index in [2.05, 4.69) is 15.5 Å². The van der Waals surface area contributed by atoms with Crippen LogP contribution in [0.5, 0.6) is 5.75 Å². The molecule has 0 saturated carbocycles. The van der Waals surface area contributed by atoms with E-state index in [0.717, 1.165) is 24.2 Å². The summed E-state index contributed by atoms with van der Waals surface area (Å²) < 4.78 is 10.6. The smallest absolute Gasteiger partial charge is 0.318 e. The molecule has 1 N–H and O–H groups in total. The number of carbonyl (C=O) groups is 1. The van der Waals surface area contributed by atoms with Crippen LogP contribution in [-0.2, 0) is 0 Å². The van der Waals surface area contributed by atoms with E-state index in [4.69, 9.17) is 9.26 Å². The highest BCUT2D eigenvalue weighted by molar-refractivity contribution is 5.74. The van der Waals surface area contributed by atoms with Crippen LogP contribution in [0.15, 0.2) is 28.8 Å². The topological polar surface area (TPSA) is 80.5 Å². The molecular weight excluding hydrogens is 296 g/mol. The molecule has 1 aliphatic heterocycles. The molecule has 1 unspecified atom stereocenters. The lowest BCUT2D eigenvalue weighted by Crippen LogP contribution is -2.39. The number of carbonyl (C=O) groups excluding carboxylic acids is 1. The van der Waals surface area contributed by atoms with Crippen molar-refractivity contribution in [2.24, 2.45) is 0 Å². The maximum atomic E-state index is 12.1. The molecule has 1 aromatic heterocycles. The van der Waals surface area contributed by atoms with Gasteiger partial charge in [-0.25, -0.2) is 4.79 Å². The number of aromatic nitrogens is 2. The molecule has 1 atom stereocenters. The van der Waals surface area contributed by atoms with Crippen LogP contribution in [0.25, 0.3) is 11.4 Å². The van der Waals surface area contributed by atoms with E-state index in [1.54, 1.807) is 12.0 Å². The number of urea groups is 1. The van der Waals surface area contributed by atoms with E-state index in [0.29, 0.717) is 24.8 Å². The summed E-state index contributed by atoms with van der Waals surface area (Å²) >= 11 is 0. The number of benzene rings is 1. The van der Waals surface area contributed by atoms with Crippen LogP contribution >= 0.6 is 0 Å². The van der Waals surface area contributed by atoms with Crippen molar-refractivity contribution in [1.82, 2.24) is 20.4 Å². The van der Waals surface area contributed by atoms with Crippen LogP contribution in [0.2, 0.25) is 0 Å². The fourth-order valence-corrected chi connectivity index (χ4v) is 2.77. The molecule has 2 aromatic rings. The zero-order valence-electron chi connectivity index (χ0n) is 13.3. The Morgan fingerprint density at radius 3 is 3.17 bits per heavy atom. The van der Waals surface area contributed by atoms with Gasteiger partial charge in [0.15, 0.2) is 0 Å². The minimum absolute atomic E-state index is 0.0869. The first-order valence-electron chi connectivity index (χ1n) is 7.75. The van der Waals surface area contributed by atoms with Crippen LogP contribution in [0, 0.1) is 0 Å². The minimum atomic E-state index is -0.159. The highest BCUT2D eigenvalue weighted by atomic mass is 16.5. The number of hydrogen-bond acceptors (Lipinski definition) is 5. The van der Waals surface area contributed by atoms with E-state index in [1.807, 2.05) is 31.2 Å². The summed E-state index contributed by atoms with van der Waals surface area (Å²) in [4.78, 5) is 18.3. The van der Waals surface area contributed by atoms with E-state index in [-0.39, 0.29) is 12.1 Å². The van der Waals surface area contributed by atoms with Gasteiger partial charge in [0, 0.05) is 18.7 Å². The Morgan fingerprint density at radius 2 is 2.39 bits per heavy atom. The molecule has 1 aromatic carbocycles. The molecule has 7 heteroatoms.